The lowest BCUT2D eigenvalue weighted by atomic mass is 9.79. The Morgan fingerprint density at radius 1 is 1.17 bits per heavy atom. The molecule has 0 radical (unpaired) electrons. The fourth-order valence-electron chi connectivity index (χ4n) is 2.29. The van der Waals surface area contributed by atoms with E-state index < -0.39 is 18.3 Å². The first-order valence-electron chi connectivity index (χ1n) is 6.09. The zero-order valence-corrected chi connectivity index (χ0v) is 9.84. The predicted octanol–water partition coefficient (Wildman–Crippen LogP) is 3.45. The maximum Gasteiger partial charge on any atom is 0.513 e. The van der Waals surface area contributed by atoms with Gasteiger partial charge in [0.25, 0.3) is 0 Å². The van der Waals surface area contributed by atoms with Crippen molar-refractivity contribution in [1.29, 1.82) is 0 Å². The fraction of sp³-hybridized carbons (Fsp3) is 0.500. The summed E-state index contributed by atoms with van der Waals surface area (Å²) < 4.78 is 56.3. The van der Waals surface area contributed by atoms with Crippen molar-refractivity contribution < 1.29 is 22.1 Å². The monoisotopic (exact) mass is 261 g/mol. The summed E-state index contributed by atoms with van der Waals surface area (Å²) in [4.78, 5) is 0. The number of benzene rings is 1. The van der Waals surface area contributed by atoms with Crippen molar-refractivity contribution in [2.45, 2.75) is 25.7 Å². The number of rotatable bonds is 4. The van der Waals surface area contributed by atoms with Gasteiger partial charge in [-0.2, -0.15) is 0 Å². The molecule has 0 heterocycles. The molecule has 0 N–H and O–H groups in total. The standard InChI is InChI=1S/C12H14BF4O/c14-10-5-6-12(11(7-10)13(15,16)17)18-8-9-3-1-2-4-9/h5-7,9H,1-4,8H2/q-1. The quantitative estimate of drug-likeness (QED) is 0.595. The summed E-state index contributed by atoms with van der Waals surface area (Å²) in [6.07, 6.45) is 4.20. The Morgan fingerprint density at radius 3 is 2.44 bits per heavy atom. The Morgan fingerprint density at radius 2 is 1.83 bits per heavy atom. The third kappa shape index (κ3) is 3.18. The molecule has 100 valence electrons. The summed E-state index contributed by atoms with van der Waals surface area (Å²) >= 11 is 0. The van der Waals surface area contributed by atoms with Gasteiger partial charge in [-0.25, -0.2) is 4.39 Å². The third-order valence-corrected chi connectivity index (χ3v) is 3.27. The van der Waals surface area contributed by atoms with Crippen LogP contribution in [-0.2, 0) is 0 Å². The highest BCUT2D eigenvalue weighted by atomic mass is 19.4. The summed E-state index contributed by atoms with van der Waals surface area (Å²) in [5, 5.41) is 0. The molecule has 0 bridgehead atoms. The molecule has 0 aromatic heterocycles. The third-order valence-electron chi connectivity index (χ3n) is 3.27. The van der Waals surface area contributed by atoms with Crippen LogP contribution in [0.25, 0.3) is 0 Å². The lowest BCUT2D eigenvalue weighted by Crippen LogP contribution is -2.36. The van der Waals surface area contributed by atoms with Crippen LogP contribution in [0.3, 0.4) is 0 Å². The molecule has 0 saturated heterocycles. The topological polar surface area (TPSA) is 9.23 Å². The van der Waals surface area contributed by atoms with Crippen LogP contribution in [-0.4, -0.2) is 13.6 Å². The Kier molecular flexibility index (Phi) is 3.83. The molecule has 1 aliphatic rings. The summed E-state index contributed by atoms with van der Waals surface area (Å²) in [6, 6.07) is 2.56. The Balaban J connectivity index is 2.11. The molecule has 1 fully saturated rings. The minimum absolute atomic E-state index is 0.254. The van der Waals surface area contributed by atoms with Crippen LogP contribution in [0.15, 0.2) is 18.2 Å². The van der Waals surface area contributed by atoms with E-state index in [9.17, 15) is 17.3 Å². The van der Waals surface area contributed by atoms with E-state index in [4.69, 9.17) is 4.74 Å². The maximum atomic E-state index is 12.9. The van der Waals surface area contributed by atoms with E-state index in [1.807, 2.05) is 0 Å². The van der Waals surface area contributed by atoms with E-state index in [0.29, 0.717) is 12.0 Å². The van der Waals surface area contributed by atoms with Crippen LogP contribution in [0, 0.1) is 11.7 Å². The lowest BCUT2D eigenvalue weighted by Gasteiger charge is -2.21. The van der Waals surface area contributed by atoms with Gasteiger partial charge in [0.1, 0.15) is 5.82 Å². The second-order valence-electron chi connectivity index (χ2n) is 4.72. The first-order chi connectivity index (χ1) is 8.47. The molecule has 2 rings (SSSR count). The number of hydrogen-bond acceptors (Lipinski definition) is 1. The number of halogens is 4. The molecule has 0 spiro atoms. The first-order valence-corrected chi connectivity index (χ1v) is 6.09. The van der Waals surface area contributed by atoms with E-state index in [-0.39, 0.29) is 12.4 Å². The first kappa shape index (κ1) is 13.2. The molecule has 0 unspecified atom stereocenters. The molecule has 0 amide bonds. The van der Waals surface area contributed by atoms with Crippen LogP contribution in [0.5, 0.6) is 5.75 Å². The van der Waals surface area contributed by atoms with Gasteiger partial charge >= 0.3 is 6.98 Å². The Labute approximate surface area is 103 Å². The van der Waals surface area contributed by atoms with Gasteiger partial charge in [0.05, 0.1) is 12.4 Å². The average molecular weight is 261 g/mol. The zero-order valence-electron chi connectivity index (χ0n) is 9.84. The normalized spacial score (nSPS) is 17.1. The van der Waals surface area contributed by atoms with Crippen molar-refractivity contribution >= 4 is 12.4 Å². The highest BCUT2D eigenvalue weighted by molar-refractivity contribution is 6.74. The van der Waals surface area contributed by atoms with E-state index in [1.165, 1.54) is 0 Å². The summed E-state index contributed by atoms with van der Waals surface area (Å²) in [6.45, 7) is -4.97. The maximum absolute atomic E-state index is 12.9. The van der Waals surface area contributed by atoms with Gasteiger partial charge in [0.15, 0.2) is 0 Å². The number of ether oxygens (including phenoxy) is 1. The molecule has 1 aliphatic carbocycles. The van der Waals surface area contributed by atoms with Crippen molar-refractivity contribution in [2.24, 2.45) is 5.92 Å². The Bertz CT molecular complexity index is 413. The van der Waals surface area contributed by atoms with Crippen LogP contribution in [0.4, 0.5) is 17.3 Å². The molecule has 1 aromatic rings. The van der Waals surface area contributed by atoms with E-state index >= 15 is 0 Å². The van der Waals surface area contributed by atoms with Crippen molar-refractivity contribution in [2.75, 3.05) is 6.61 Å². The van der Waals surface area contributed by atoms with Crippen molar-refractivity contribution in [3.63, 3.8) is 0 Å². The molecule has 0 atom stereocenters. The van der Waals surface area contributed by atoms with Crippen LogP contribution < -0.4 is 10.2 Å². The molecule has 6 heteroatoms. The number of hydrogen-bond donors (Lipinski definition) is 0. The van der Waals surface area contributed by atoms with Crippen molar-refractivity contribution in [3.05, 3.63) is 24.0 Å². The SMILES string of the molecule is Fc1ccc(OCC2CCCC2)c([B-](F)(F)F)c1. The van der Waals surface area contributed by atoms with E-state index in [0.717, 1.165) is 37.8 Å². The molecule has 1 nitrogen and oxygen atoms in total. The van der Waals surface area contributed by atoms with Crippen LogP contribution in [0.1, 0.15) is 25.7 Å². The smallest absolute Gasteiger partial charge is 0.496 e. The second-order valence-corrected chi connectivity index (χ2v) is 4.72. The molecule has 1 saturated carbocycles. The zero-order chi connectivity index (χ0) is 13.2. The van der Waals surface area contributed by atoms with Gasteiger partial charge in [0, 0.05) is 0 Å². The highest BCUT2D eigenvalue weighted by Gasteiger charge is 2.30. The van der Waals surface area contributed by atoms with Crippen LogP contribution >= 0.6 is 0 Å². The summed E-state index contributed by atoms with van der Waals surface area (Å²) in [5.41, 5.74) is -0.979. The van der Waals surface area contributed by atoms with Crippen molar-refractivity contribution in [1.82, 2.24) is 0 Å². The average Bonchev–Trinajstić information content (AvgIpc) is 2.79. The largest absolute Gasteiger partial charge is 0.513 e. The minimum atomic E-state index is -5.25. The predicted molar refractivity (Wildman–Crippen MR) is 62.6 cm³/mol. The second kappa shape index (κ2) is 5.20. The summed E-state index contributed by atoms with van der Waals surface area (Å²) in [5.74, 6) is -0.822. The van der Waals surface area contributed by atoms with Gasteiger partial charge in [-0.15, -0.1) is 0 Å². The van der Waals surface area contributed by atoms with Crippen molar-refractivity contribution in [3.8, 4) is 5.75 Å². The molecule has 0 aliphatic heterocycles. The van der Waals surface area contributed by atoms with Gasteiger partial charge in [-0.05, 0) is 37.0 Å². The summed E-state index contributed by atoms with van der Waals surface area (Å²) in [7, 11) is 0. The van der Waals surface area contributed by atoms with Gasteiger partial charge in [-0.1, -0.05) is 18.3 Å². The fourth-order valence-corrected chi connectivity index (χ4v) is 2.29. The Hall–Kier alpha value is -1.20. The molecule has 1 aromatic carbocycles. The van der Waals surface area contributed by atoms with Crippen LogP contribution in [0.2, 0.25) is 0 Å². The van der Waals surface area contributed by atoms with E-state index in [2.05, 4.69) is 0 Å². The van der Waals surface area contributed by atoms with Gasteiger partial charge < -0.3 is 17.7 Å². The van der Waals surface area contributed by atoms with Gasteiger partial charge in [-0.3, -0.25) is 0 Å². The molecular formula is C12H14BF4O-. The molecular weight excluding hydrogens is 247 g/mol. The van der Waals surface area contributed by atoms with E-state index in [1.54, 1.807) is 0 Å². The highest BCUT2D eigenvalue weighted by Crippen LogP contribution is 2.26. The molecule has 18 heavy (non-hydrogen) atoms. The minimum Gasteiger partial charge on any atom is -0.496 e. The lowest BCUT2D eigenvalue weighted by molar-refractivity contribution is 0.252. The van der Waals surface area contributed by atoms with Gasteiger partial charge in [0.2, 0.25) is 0 Å².